The highest BCUT2D eigenvalue weighted by atomic mass is 16.6. The van der Waals surface area contributed by atoms with Gasteiger partial charge in [-0.05, 0) is 13.0 Å². The van der Waals surface area contributed by atoms with Crippen molar-refractivity contribution >= 4 is 28.2 Å². The number of carbonyl (C=O) groups is 1. The summed E-state index contributed by atoms with van der Waals surface area (Å²) in [5.41, 5.74) is 4.77. The molecule has 104 valence electrons. The number of non-ortho nitro benzene ring substituents is 1. The Hall–Kier alpha value is -2.90. The number of nitrogen functional groups attached to an aromatic ring is 1. The molecule has 0 fully saturated rings. The minimum Gasteiger partial charge on any atom is -0.462 e. The fourth-order valence-corrected chi connectivity index (χ4v) is 1.87. The highest BCUT2D eigenvalue weighted by molar-refractivity contribution is 6.08. The van der Waals surface area contributed by atoms with Gasteiger partial charge in [-0.2, -0.15) is 0 Å². The number of ether oxygens (including phenoxy) is 1. The Morgan fingerprint density at radius 3 is 2.75 bits per heavy atom. The van der Waals surface area contributed by atoms with E-state index in [0.29, 0.717) is 0 Å². The van der Waals surface area contributed by atoms with E-state index in [2.05, 4.69) is 4.98 Å². The number of benzene rings is 1. The van der Waals surface area contributed by atoms with Gasteiger partial charge in [-0.1, -0.05) is 0 Å². The van der Waals surface area contributed by atoms with Crippen LogP contribution in [0.1, 0.15) is 17.3 Å². The molecular formula is C12H11N3O5. The molecule has 0 amide bonds. The molecule has 0 spiro atoms. The summed E-state index contributed by atoms with van der Waals surface area (Å²) in [6, 6.07) is 3.60. The zero-order chi connectivity index (χ0) is 14.9. The monoisotopic (exact) mass is 277 g/mol. The second-order valence-corrected chi connectivity index (χ2v) is 3.95. The first-order valence-corrected chi connectivity index (χ1v) is 5.72. The Morgan fingerprint density at radius 1 is 1.45 bits per heavy atom. The number of rotatable bonds is 3. The number of aromatic amines is 1. The van der Waals surface area contributed by atoms with Gasteiger partial charge in [0.15, 0.2) is 0 Å². The van der Waals surface area contributed by atoms with Gasteiger partial charge in [-0.3, -0.25) is 14.9 Å². The Kier molecular flexibility index (Phi) is 3.38. The number of nitrogens with zero attached hydrogens (tertiary/aromatic N) is 1. The normalized spacial score (nSPS) is 10.4. The van der Waals surface area contributed by atoms with Crippen LogP contribution in [0.2, 0.25) is 0 Å². The predicted octanol–water partition coefficient (Wildman–Crippen LogP) is 1.20. The van der Waals surface area contributed by atoms with Crippen molar-refractivity contribution < 1.29 is 14.5 Å². The third kappa shape index (κ3) is 2.18. The molecule has 20 heavy (non-hydrogen) atoms. The van der Waals surface area contributed by atoms with Gasteiger partial charge < -0.3 is 15.5 Å². The predicted molar refractivity (Wildman–Crippen MR) is 71.6 cm³/mol. The van der Waals surface area contributed by atoms with Gasteiger partial charge in [-0.15, -0.1) is 0 Å². The summed E-state index contributed by atoms with van der Waals surface area (Å²) in [6.45, 7) is 1.78. The van der Waals surface area contributed by atoms with E-state index < -0.39 is 16.5 Å². The lowest BCUT2D eigenvalue weighted by molar-refractivity contribution is -0.384. The van der Waals surface area contributed by atoms with Crippen molar-refractivity contribution in [2.75, 3.05) is 12.3 Å². The van der Waals surface area contributed by atoms with Crippen molar-refractivity contribution in [2.24, 2.45) is 0 Å². The Labute approximate surface area is 112 Å². The smallest absolute Gasteiger partial charge is 0.342 e. The van der Waals surface area contributed by atoms with Gasteiger partial charge in [0.2, 0.25) is 0 Å². The van der Waals surface area contributed by atoms with Crippen LogP contribution < -0.4 is 11.3 Å². The van der Waals surface area contributed by atoms with Crippen LogP contribution in [0.25, 0.3) is 10.8 Å². The van der Waals surface area contributed by atoms with Crippen molar-refractivity contribution in [3.8, 4) is 0 Å². The van der Waals surface area contributed by atoms with Gasteiger partial charge >= 0.3 is 5.97 Å². The molecule has 8 heteroatoms. The average molecular weight is 277 g/mol. The summed E-state index contributed by atoms with van der Waals surface area (Å²) in [5.74, 6) is -0.824. The zero-order valence-corrected chi connectivity index (χ0v) is 10.5. The highest BCUT2D eigenvalue weighted by Crippen LogP contribution is 2.24. The lowest BCUT2D eigenvalue weighted by Crippen LogP contribution is -2.17. The first-order chi connectivity index (χ1) is 9.45. The van der Waals surface area contributed by atoms with Crippen LogP contribution in [0.5, 0.6) is 0 Å². The van der Waals surface area contributed by atoms with Crippen LogP contribution in [0, 0.1) is 10.1 Å². The van der Waals surface area contributed by atoms with E-state index in [1.807, 2.05) is 0 Å². The molecule has 0 radical (unpaired) electrons. The average Bonchev–Trinajstić information content (AvgIpc) is 2.38. The first-order valence-electron chi connectivity index (χ1n) is 5.72. The summed E-state index contributed by atoms with van der Waals surface area (Å²) < 4.78 is 4.86. The number of nitro groups is 1. The minimum absolute atomic E-state index is 0.00338. The maximum atomic E-state index is 11.9. The van der Waals surface area contributed by atoms with E-state index in [1.54, 1.807) is 6.92 Å². The molecule has 8 nitrogen and oxygen atoms in total. The highest BCUT2D eigenvalue weighted by Gasteiger charge is 2.19. The van der Waals surface area contributed by atoms with Crippen LogP contribution in [0.4, 0.5) is 11.5 Å². The molecule has 0 aliphatic carbocycles. The number of anilines is 1. The molecule has 2 aromatic rings. The molecule has 0 aliphatic heterocycles. The number of nitrogens with two attached hydrogens (primary N) is 1. The van der Waals surface area contributed by atoms with Gasteiger partial charge in [0.1, 0.15) is 11.4 Å². The molecule has 1 heterocycles. The Morgan fingerprint density at radius 2 is 2.15 bits per heavy atom. The zero-order valence-electron chi connectivity index (χ0n) is 10.5. The lowest BCUT2D eigenvalue weighted by Gasteiger charge is -2.08. The molecule has 0 bridgehead atoms. The molecular weight excluding hydrogens is 266 g/mol. The number of pyridine rings is 1. The quantitative estimate of drug-likeness (QED) is 0.492. The van der Waals surface area contributed by atoms with Crippen LogP contribution in [-0.4, -0.2) is 22.5 Å². The van der Waals surface area contributed by atoms with Crippen LogP contribution in [-0.2, 0) is 4.74 Å². The summed E-state index contributed by atoms with van der Waals surface area (Å²) in [4.78, 5) is 36.0. The van der Waals surface area contributed by atoms with Gasteiger partial charge in [0, 0.05) is 17.5 Å². The van der Waals surface area contributed by atoms with E-state index in [4.69, 9.17) is 10.5 Å². The number of hydrogen-bond donors (Lipinski definition) is 2. The van der Waals surface area contributed by atoms with Crippen LogP contribution in [0.3, 0.4) is 0 Å². The second-order valence-electron chi connectivity index (χ2n) is 3.95. The van der Waals surface area contributed by atoms with Gasteiger partial charge in [-0.25, -0.2) is 4.79 Å². The fraction of sp³-hybridized carbons (Fsp3) is 0.167. The Balaban J connectivity index is 2.79. The molecule has 1 aromatic carbocycles. The fourth-order valence-electron chi connectivity index (χ4n) is 1.87. The second kappa shape index (κ2) is 5.00. The van der Waals surface area contributed by atoms with Crippen molar-refractivity contribution in [1.82, 2.24) is 4.98 Å². The molecule has 0 aliphatic rings. The third-order valence-corrected chi connectivity index (χ3v) is 2.73. The number of carbonyl (C=O) groups excluding carboxylic acids is 1. The number of esters is 1. The number of aromatic nitrogens is 1. The molecule has 0 saturated heterocycles. The number of hydrogen-bond acceptors (Lipinski definition) is 6. The topological polar surface area (TPSA) is 128 Å². The van der Waals surface area contributed by atoms with Crippen molar-refractivity contribution in [3.05, 3.63) is 44.2 Å². The molecule has 2 rings (SSSR count). The first kappa shape index (κ1) is 13.5. The molecule has 0 unspecified atom stereocenters. The molecule has 1 aromatic heterocycles. The lowest BCUT2D eigenvalue weighted by atomic mass is 10.1. The van der Waals surface area contributed by atoms with Crippen LogP contribution >= 0.6 is 0 Å². The SMILES string of the molecule is CCOC(=O)c1c(N)[nH]c(=O)c2cc([N+](=O)[O-])ccc12. The van der Waals surface area contributed by atoms with E-state index in [1.165, 1.54) is 12.1 Å². The van der Waals surface area contributed by atoms with Crippen molar-refractivity contribution in [3.63, 3.8) is 0 Å². The summed E-state index contributed by atoms with van der Waals surface area (Å²) in [5, 5.41) is 10.9. The molecule has 0 atom stereocenters. The van der Waals surface area contributed by atoms with E-state index in [-0.39, 0.29) is 34.4 Å². The van der Waals surface area contributed by atoms with E-state index >= 15 is 0 Å². The van der Waals surface area contributed by atoms with Crippen molar-refractivity contribution in [1.29, 1.82) is 0 Å². The number of nitrogens with one attached hydrogen (secondary N) is 1. The van der Waals surface area contributed by atoms with Gasteiger partial charge in [0.05, 0.1) is 16.9 Å². The molecule has 0 saturated carbocycles. The third-order valence-electron chi connectivity index (χ3n) is 2.73. The Bertz CT molecular complexity index is 766. The summed E-state index contributed by atoms with van der Waals surface area (Å²) >= 11 is 0. The molecule has 3 N–H and O–H groups in total. The maximum absolute atomic E-state index is 11.9. The van der Waals surface area contributed by atoms with Crippen molar-refractivity contribution in [2.45, 2.75) is 6.92 Å². The summed E-state index contributed by atoms with van der Waals surface area (Å²) in [6.07, 6.45) is 0. The number of fused-ring (bicyclic) bond motifs is 1. The largest absolute Gasteiger partial charge is 0.462 e. The van der Waals surface area contributed by atoms with E-state index in [0.717, 1.165) is 6.07 Å². The number of nitro benzene ring substituents is 1. The van der Waals surface area contributed by atoms with E-state index in [9.17, 15) is 19.7 Å². The number of H-pyrrole nitrogens is 1. The standard InChI is InChI=1S/C12H11N3O5/c1-2-20-12(17)9-7-4-3-6(15(18)19)5-8(7)11(16)14-10(9)13/h3-5H,2H2,1H3,(H3,13,14,16). The van der Waals surface area contributed by atoms with Gasteiger partial charge in [0.25, 0.3) is 11.2 Å². The minimum atomic E-state index is -0.694. The maximum Gasteiger partial charge on any atom is 0.342 e. The van der Waals surface area contributed by atoms with Crippen LogP contribution in [0.15, 0.2) is 23.0 Å². The summed E-state index contributed by atoms with van der Waals surface area (Å²) in [7, 11) is 0.